The monoisotopic (exact) mass is 314 g/mol. The zero-order valence-electron chi connectivity index (χ0n) is 12.5. The number of hydrogen-bond acceptors (Lipinski definition) is 6. The standard InChI is InChI=1S/C14H22N2O2S2/c1-5-10-12(20-7-6-19-10)13-15-14(18-16-13)11(8(2)3)9(4)17/h8,10-12H,5-7H2,1-4H3. The van der Waals surface area contributed by atoms with Crippen LogP contribution in [-0.2, 0) is 4.79 Å². The first-order valence-corrected chi connectivity index (χ1v) is 9.21. The van der Waals surface area contributed by atoms with E-state index in [1.165, 1.54) is 5.75 Å². The summed E-state index contributed by atoms with van der Waals surface area (Å²) < 4.78 is 5.39. The third-order valence-corrected chi connectivity index (χ3v) is 6.78. The molecule has 1 aliphatic heterocycles. The SMILES string of the molecule is CCC1SCCSC1c1noc(C(C(C)=O)C(C)C)n1. The molecule has 6 heteroatoms. The lowest BCUT2D eigenvalue weighted by molar-refractivity contribution is -0.119. The molecule has 20 heavy (non-hydrogen) atoms. The summed E-state index contributed by atoms with van der Waals surface area (Å²) in [6.45, 7) is 7.81. The molecular weight excluding hydrogens is 292 g/mol. The summed E-state index contributed by atoms with van der Waals surface area (Å²) >= 11 is 3.89. The molecular formula is C14H22N2O2S2. The zero-order chi connectivity index (χ0) is 14.7. The Morgan fingerprint density at radius 1 is 1.40 bits per heavy atom. The quantitative estimate of drug-likeness (QED) is 0.826. The Bertz CT molecular complexity index is 462. The van der Waals surface area contributed by atoms with Crippen LogP contribution in [0.15, 0.2) is 4.52 Å². The smallest absolute Gasteiger partial charge is 0.237 e. The fourth-order valence-electron chi connectivity index (χ4n) is 2.56. The number of thioether (sulfide) groups is 2. The van der Waals surface area contributed by atoms with Gasteiger partial charge >= 0.3 is 0 Å². The van der Waals surface area contributed by atoms with Crippen LogP contribution in [0, 0.1) is 5.92 Å². The van der Waals surface area contributed by atoms with E-state index < -0.39 is 0 Å². The number of hydrogen-bond donors (Lipinski definition) is 0. The molecule has 0 saturated carbocycles. The number of carbonyl (C=O) groups excluding carboxylic acids is 1. The van der Waals surface area contributed by atoms with Crippen LogP contribution in [0.25, 0.3) is 0 Å². The molecule has 112 valence electrons. The van der Waals surface area contributed by atoms with E-state index in [9.17, 15) is 4.79 Å². The number of carbonyl (C=O) groups is 1. The highest BCUT2D eigenvalue weighted by Gasteiger charge is 2.33. The van der Waals surface area contributed by atoms with Gasteiger partial charge in [-0.05, 0) is 19.3 Å². The van der Waals surface area contributed by atoms with Crippen LogP contribution < -0.4 is 0 Å². The molecule has 1 aromatic heterocycles. The van der Waals surface area contributed by atoms with Crippen molar-refractivity contribution in [2.24, 2.45) is 5.92 Å². The molecule has 1 aromatic rings. The van der Waals surface area contributed by atoms with Crippen LogP contribution in [0.2, 0.25) is 0 Å². The van der Waals surface area contributed by atoms with Crippen LogP contribution in [0.4, 0.5) is 0 Å². The molecule has 1 saturated heterocycles. The first kappa shape index (κ1) is 15.9. The lowest BCUT2D eigenvalue weighted by Crippen LogP contribution is -2.20. The topological polar surface area (TPSA) is 56.0 Å². The number of ketones is 1. The van der Waals surface area contributed by atoms with Gasteiger partial charge in [-0.15, -0.1) is 11.8 Å². The van der Waals surface area contributed by atoms with Crippen molar-refractivity contribution in [3.05, 3.63) is 11.7 Å². The molecule has 1 aliphatic rings. The molecule has 1 fully saturated rings. The van der Waals surface area contributed by atoms with Gasteiger partial charge in [0.2, 0.25) is 5.89 Å². The molecule has 3 atom stereocenters. The highest BCUT2D eigenvalue weighted by Crippen LogP contribution is 2.43. The largest absolute Gasteiger partial charge is 0.339 e. The van der Waals surface area contributed by atoms with Crippen LogP contribution >= 0.6 is 23.5 Å². The second-order valence-electron chi connectivity index (χ2n) is 5.43. The van der Waals surface area contributed by atoms with Gasteiger partial charge in [-0.2, -0.15) is 16.7 Å². The summed E-state index contributed by atoms with van der Waals surface area (Å²) in [5, 5.41) is 4.98. The molecule has 0 aromatic carbocycles. The number of rotatable bonds is 5. The van der Waals surface area contributed by atoms with Gasteiger partial charge in [0, 0.05) is 16.8 Å². The van der Waals surface area contributed by atoms with Crippen molar-refractivity contribution in [2.45, 2.75) is 50.5 Å². The Morgan fingerprint density at radius 3 is 2.70 bits per heavy atom. The van der Waals surface area contributed by atoms with E-state index >= 15 is 0 Å². The summed E-state index contributed by atoms with van der Waals surface area (Å²) in [5.41, 5.74) is 0. The van der Waals surface area contributed by atoms with E-state index in [2.05, 4.69) is 17.1 Å². The Kier molecular flexibility index (Phi) is 5.55. The molecule has 0 spiro atoms. The summed E-state index contributed by atoms with van der Waals surface area (Å²) in [5.74, 6) is 3.54. The molecule has 2 heterocycles. The molecule has 0 bridgehead atoms. The summed E-state index contributed by atoms with van der Waals surface area (Å²) in [7, 11) is 0. The molecule has 2 rings (SSSR count). The van der Waals surface area contributed by atoms with E-state index in [1.807, 2.05) is 37.4 Å². The second-order valence-corrected chi connectivity index (χ2v) is 8.03. The molecule has 0 N–H and O–H groups in total. The second kappa shape index (κ2) is 6.98. The highest BCUT2D eigenvalue weighted by atomic mass is 32.2. The van der Waals surface area contributed by atoms with Crippen molar-refractivity contribution in [2.75, 3.05) is 11.5 Å². The van der Waals surface area contributed by atoms with E-state index in [-0.39, 0.29) is 22.9 Å². The van der Waals surface area contributed by atoms with Crippen LogP contribution in [0.5, 0.6) is 0 Å². The Morgan fingerprint density at radius 2 is 2.10 bits per heavy atom. The minimum atomic E-state index is -0.280. The minimum Gasteiger partial charge on any atom is -0.339 e. The number of aromatic nitrogens is 2. The molecule has 0 amide bonds. The average molecular weight is 314 g/mol. The third-order valence-electron chi connectivity index (χ3n) is 3.54. The lowest BCUT2D eigenvalue weighted by Gasteiger charge is -2.27. The van der Waals surface area contributed by atoms with Crippen LogP contribution in [-0.4, -0.2) is 32.7 Å². The first-order chi connectivity index (χ1) is 9.54. The average Bonchev–Trinajstić information content (AvgIpc) is 2.87. The predicted molar refractivity (Wildman–Crippen MR) is 84.3 cm³/mol. The number of nitrogens with zero attached hydrogens (tertiary/aromatic N) is 2. The van der Waals surface area contributed by atoms with Gasteiger partial charge < -0.3 is 4.52 Å². The van der Waals surface area contributed by atoms with Crippen molar-refractivity contribution >= 4 is 29.3 Å². The van der Waals surface area contributed by atoms with E-state index in [4.69, 9.17) is 4.52 Å². The summed E-state index contributed by atoms with van der Waals surface area (Å²) in [6, 6.07) is 0. The van der Waals surface area contributed by atoms with E-state index in [1.54, 1.807) is 6.92 Å². The van der Waals surface area contributed by atoms with Gasteiger partial charge in [0.05, 0.1) is 11.2 Å². The van der Waals surface area contributed by atoms with Crippen molar-refractivity contribution in [1.82, 2.24) is 10.1 Å². The van der Waals surface area contributed by atoms with Crippen molar-refractivity contribution in [1.29, 1.82) is 0 Å². The fourth-order valence-corrected chi connectivity index (χ4v) is 5.54. The minimum absolute atomic E-state index is 0.0907. The molecule has 0 radical (unpaired) electrons. The van der Waals surface area contributed by atoms with Crippen molar-refractivity contribution < 1.29 is 9.32 Å². The number of Topliss-reactive ketones (excluding diaryl/α,β-unsaturated/α-hetero) is 1. The van der Waals surface area contributed by atoms with Crippen molar-refractivity contribution in [3.63, 3.8) is 0 Å². The summed E-state index contributed by atoms with van der Waals surface area (Å²) in [6.07, 6.45) is 1.10. The molecule has 0 aliphatic carbocycles. The van der Waals surface area contributed by atoms with E-state index in [0.717, 1.165) is 18.0 Å². The zero-order valence-corrected chi connectivity index (χ0v) is 14.1. The Labute approximate surface area is 128 Å². The predicted octanol–water partition coefficient (Wildman–Crippen LogP) is 3.70. The summed E-state index contributed by atoms with van der Waals surface area (Å²) in [4.78, 5) is 16.3. The maximum Gasteiger partial charge on any atom is 0.237 e. The Hall–Kier alpha value is -0.490. The van der Waals surface area contributed by atoms with E-state index in [0.29, 0.717) is 11.1 Å². The maximum absolute atomic E-state index is 11.8. The Balaban J connectivity index is 2.21. The molecule has 4 nitrogen and oxygen atoms in total. The van der Waals surface area contributed by atoms with Gasteiger partial charge in [-0.3, -0.25) is 4.79 Å². The normalized spacial score (nSPS) is 24.9. The van der Waals surface area contributed by atoms with Gasteiger partial charge in [0.15, 0.2) is 5.82 Å². The van der Waals surface area contributed by atoms with Crippen LogP contribution in [0.3, 0.4) is 0 Å². The first-order valence-electron chi connectivity index (χ1n) is 7.11. The fraction of sp³-hybridized carbons (Fsp3) is 0.786. The van der Waals surface area contributed by atoms with Gasteiger partial charge in [-0.25, -0.2) is 0 Å². The van der Waals surface area contributed by atoms with Gasteiger partial charge in [0.1, 0.15) is 5.78 Å². The lowest BCUT2D eigenvalue weighted by atomic mass is 9.92. The maximum atomic E-state index is 11.8. The highest BCUT2D eigenvalue weighted by molar-refractivity contribution is 8.06. The van der Waals surface area contributed by atoms with Crippen LogP contribution in [0.1, 0.15) is 57.0 Å². The van der Waals surface area contributed by atoms with Gasteiger partial charge in [0.25, 0.3) is 0 Å². The van der Waals surface area contributed by atoms with Gasteiger partial charge in [-0.1, -0.05) is 25.9 Å². The third kappa shape index (κ3) is 3.39. The molecule has 3 unspecified atom stereocenters. The van der Waals surface area contributed by atoms with Crippen molar-refractivity contribution in [3.8, 4) is 0 Å².